The molecule has 0 aromatic rings. The summed E-state index contributed by atoms with van der Waals surface area (Å²) in [4.78, 5) is 0. The zero-order valence-electron chi connectivity index (χ0n) is 9.79. The molecular weight excluding hydrogens is 234 g/mol. The van der Waals surface area contributed by atoms with Crippen LogP contribution in [0.15, 0.2) is 0 Å². The van der Waals surface area contributed by atoms with Crippen molar-refractivity contribution in [2.75, 3.05) is 23.9 Å². The minimum absolute atomic E-state index is 0.222. The van der Waals surface area contributed by atoms with Gasteiger partial charge in [-0.3, -0.25) is 0 Å². The number of hydrogen-bond donors (Lipinski definition) is 1. The molecule has 5 heteroatoms. The largest absolute Gasteiger partial charge is 0.313 e. The molecule has 2 atom stereocenters. The second-order valence-electron chi connectivity index (χ2n) is 4.03. The van der Waals surface area contributed by atoms with Crippen molar-refractivity contribution in [3.05, 3.63) is 0 Å². The molecule has 0 aliphatic rings. The van der Waals surface area contributed by atoms with E-state index in [1.165, 1.54) is 0 Å². The van der Waals surface area contributed by atoms with Gasteiger partial charge in [0.05, 0.1) is 5.75 Å². The van der Waals surface area contributed by atoms with E-state index in [0.717, 1.165) is 0 Å². The van der Waals surface area contributed by atoms with Crippen LogP contribution >= 0.6 is 11.6 Å². The Hall–Kier alpha value is 0.200. The van der Waals surface area contributed by atoms with Crippen LogP contribution in [-0.2, 0) is 9.84 Å². The van der Waals surface area contributed by atoms with E-state index >= 15 is 0 Å². The molecule has 0 saturated heterocycles. The number of sulfone groups is 1. The van der Waals surface area contributed by atoms with Crippen LogP contribution in [-0.4, -0.2) is 38.4 Å². The van der Waals surface area contributed by atoms with Gasteiger partial charge in [-0.25, -0.2) is 8.42 Å². The van der Waals surface area contributed by atoms with Crippen LogP contribution in [0.4, 0.5) is 0 Å². The summed E-state index contributed by atoms with van der Waals surface area (Å²) >= 11 is 5.71. The molecule has 2 unspecified atom stereocenters. The van der Waals surface area contributed by atoms with E-state index in [4.69, 9.17) is 11.6 Å². The van der Waals surface area contributed by atoms with Gasteiger partial charge in [0.1, 0.15) is 0 Å². The highest BCUT2D eigenvalue weighted by Gasteiger charge is 2.13. The van der Waals surface area contributed by atoms with E-state index in [0.29, 0.717) is 24.8 Å². The van der Waals surface area contributed by atoms with Crippen LogP contribution in [0.25, 0.3) is 0 Å². The molecule has 0 bridgehead atoms. The van der Waals surface area contributed by atoms with Crippen molar-refractivity contribution in [3.63, 3.8) is 0 Å². The molecular formula is C10H22ClNO2S. The molecule has 0 aromatic heterocycles. The van der Waals surface area contributed by atoms with Crippen molar-refractivity contribution >= 4 is 21.4 Å². The lowest BCUT2D eigenvalue weighted by molar-refractivity contribution is 0.440. The van der Waals surface area contributed by atoms with Crippen molar-refractivity contribution in [1.29, 1.82) is 0 Å². The average molecular weight is 256 g/mol. The van der Waals surface area contributed by atoms with Gasteiger partial charge in [-0.15, -0.1) is 11.6 Å². The maximum atomic E-state index is 11.4. The summed E-state index contributed by atoms with van der Waals surface area (Å²) < 4.78 is 22.8. The lowest BCUT2D eigenvalue weighted by Gasteiger charge is -2.18. The fraction of sp³-hybridized carbons (Fsp3) is 1.00. The molecule has 0 aromatic carbocycles. The molecule has 0 amide bonds. The maximum absolute atomic E-state index is 11.4. The molecule has 0 heterocycles. The van der Waals surface area contributed by atoms with E-state index < -0.39 is 9.84 Å². The summed E-state index contributed by atoms with van der Waals surface area (Å²) in [5, 5.41) is 3.18. The highest BCUT2D eigenvalue weighted by Crippen LogP contribution is 2.04. The Balaban J connectivity index is 3.79. The predicted molar refractivity (Wildman–Crippen MR) is 66.3 cm³/mol. The topological polar surface area (TPSA) is 46.2 Å². The molecule has 0 saturated carbocycles. The summed E-state index contributed by atoms with van der Waals surface area (Å²) in [6.07, 6.45) is 0.690. The van der Waals surface area contributed by atoms with Crippen LogP contribution in [0.1, 0.15) is 27.2 Å². The van der Waals surface area contributed by atoms with Gasteiger partial charge >= 0.3 is 0 Å². The molecule has 3 nitrogen and oxygen atoms in total. The third kappa shape index (κ3) is 7.14. The van der Waals surface area contributed by atoms with Crippen molar-refractivity contribution in [1.82, 2.24) is 5.32 Å². The monoisotopic (exact) mass is 255 g/mol. The van der Waals surface area contributed by atoms with Crippen molar-refractivity contribution in [3.8, 4) is 0 Å². The SMILES string of the molecule is CCCS(=O)(=O)CCNC(C)C(C)CCl. The first-order valence-corrected chi connectivity index (χ1v) is 7.78. The Kier molecular flexibility index (Phi) is 7.57. The third-order valence-corrected chi connectivity index (χ3v) is 4.83. The third-order valence-electron chi connectivity index (χ3n) is 2.49. The summed E-state index contributed by atoms with van der Waals surface area (Å²) in [6.45, 7) is 6.47. The van der Waals surface area contributed by atoms with Crippen LogP contribution in [0.5, 0.6) is 0 Å². The van der Waals surface area contributed by atoms with Crippen LogP contribution in [0.2, 0.25) is 0 Å². The van der Waals surface area contributed by atoms with Crippen molar-refractivity contribution in [2.24, 2.45) is 5.92 Å². The standard InChI is InChI=1S/C10H22ClNO2S/c1-4-6-15(13,14)7-5-12-10(3)9(2)8-11/h9-10,12H,4-8H2,1-3H3. The van der Waals surface area contributed by atoms with E-state index in [9.17, 15) is 8.42 Å². The zero-order chi connectivity index (χ0) is 11.9. The van der Waals surface area contributed by atoms with Gasteiger partial charge in [0.2, 0.25) is 0 Å². The Bertz CT molecular complexity index is 254. The maximum Gasteiger partial charge on any atom is 0.151 e. The van der Waals surface area contributed by atoms with E-state index in [1.807, 2.05) is 20.8 Å². The zero-order valence-corrected chi connectivity index (χ0v) is 11.4. The summed E-state index contributed by atoms with van der Waals surface area (Å²) in [5.74, 6) is 1.46. The van der Waals surface area contributed by atoms with Crippen molar-refractivity contribution in [2.45, 2.75) is 33.2 Å². The van der Waals surface area contributed by atoms with E-state index in [2.05, 4.69) is 5.32 Å². The number of rotatable bonds is 8. The molecule has 15 heavy (non-hydrogen) atoms. The van der Waals surface area contributed by atoms with Crippen LogP contribution in [0, 0.1) is 5.92 Å². The second kappa shape index (κ2) is 7.47. The van der Waals surface area contributed by atoms with Gasteiger partial charge in [-0.1, -0.05) is 13.8 Å². The minimum atomic E-state index is -2.86. The van der Waals surface area contributed by atoms with Gasteiger partial charge in [-0.05, 0) is 19.3 Å². The predicted octanol–water partition coefficient (Wildman–Crippen LogP) is 1.66. The van der Waals surface area contributed by atoms with Gasteiger partial charge in [-0.2, -0.15) is 0 Å². The molecule has 1 N–H and O–H groups in total. The lowest BCUT2D eigenvalue weighted by atomic mass is 10.1. The Morgan fingerprint density at radius 2 is 1.87 bits per heavy atom. The van der Waals surface area contributed by atoms with Crippen LogP contribution < -0.4 is 5.32 Å². The first-order chi connectivity index (χ1) is 6.93. The highest BCUT2D eigenvalue weighted by atomic mass is 35.5. The first-order valence-electron chi connectivity index (χ1n) is 5.42. The summed E-state index contributed by atoms with van der Waals surface area (Å²) in [7, 11) is -2.86. The normalized spacial score (nSPS) is 16.3. The van der Waals surface area contributed by atoms with Crippen molar-refractivity contribution < 1.29 is 8.42 Å². The van der Waals surface area contributed by atoms with Gasteiger partial charge in [0.15, 0.2) is 9.84 Å². The summed E-state index contributed by atoms with van der Waals surface area (Å²) in [5.41, 5.74) is 0. The fourth-order valence-electron chi connectivity index (χ4n) is 1.19. The van der Waals surface area contributed by atoms with E-state index in [-0.39, 0.29) is 17.5 Å². The van der Waals surface area contributed by atoms with Gasteiger partial charge < -0.3 is 5.32 Å². The van der Waals surface area contributed by atoms with Gasteiger partial charge in [0, 0.05) is 24.2 Å². The summed E-state index contributed by atoms with van der Waals surface area (Å²) in [6, 6.07) is 0.263. The minimum Gasteiger partial charge on any atom is -0.313 e. The molecule has 0 aliphatic carbocycles. The highest BCUT2D eigenvalue weighted by molar-refractivity contribution is 7.91. The van der Waals surface area contributed by atoms with Crippen LogP contribution in [0.3, 0.4) is 0 Å². The average Bonchev–Trinajstić information content (AvgIpc) is 2.15. The number of alkyl halides is 1. The second-order valence-corrected chi connectivity index (χ2v) is 6.64. The fourth-order valence-corrected chi connectivity index (χ4v) is 2.71. The smallest absolute Gasteiger partial charge is 0.151 e. The van der Waals surface area contributed by atoms with E-state index in [1.54, 1.807) is 0 Å². The molecule has 0 radical (unpaired) electrons. The number of hydrogen-bond acceptors (Lipinski definition) is 3. The number of nitrogens with one attached hydrogen (secondary N) is 1. The molecule has 0 fully saturated rings. The Labute approximate surface area is 98.5 Å². The van der Waals surface area contributed by atoms with Gasteiger partial charge in [0.25, 0.3) is 0 Å². The molecule has 0 rings (SSSR count). The first kappa shape index (κ1) is 15.2. The lowest BCUT2D eigenvalue weighted by Crippen LogP contribution is -2.36. The Morgan fingerprint density at radius 1 is 1.27 bits per heavy atom. The molecule has 92 valence electrons. The molecule has 0 aliphatic heterocycles. The molecule has 0 spiro atoms. The Morgan fingerprint density at radius 3 is 2.33 bits per heavy atom. The number of halogens is 1. The quantitative estimate of drug-likeness (QED) is 0.671.